The average molecular weight is 391 g/mol. The SMILES string of the molecule is CC1CCC(N2CCN(S(=O)(=O)c3cnccc3C(F)(F)F)CC2)CC1. The highest BCUT2D eigenvalue weighted by Gasteiger charge is 2.40. The normalized spacial score (nSPS) is 26.8. The lowest BCUT2D eigenvalue weighted by Crippen LogP contribution is -2.52. The molecule has 0 bridgehead atoms. The zero-order valence-electron chi connectivity index (χ0n) is 14.7. The zero-order valence-corrected chi connectivity index (χ0v) is 15.6. The molecular weight excluding hydrogens is 367 g/mol. The number of pyridine rings is 1. The Morgan fingerprint density at radius 1 is 1.08 bits per heavy atom. The average Bonchev–Trinajstić information content (AvgIpc) is 2.62. The van der Waals surface area contributed by atoms with E-state index in [0.717, 1.165) is 35.5 Å². The Bertz CT molecular complexity index is 723. The second-order valence-corrected chi connectivity index (χ2v) is 9.13. The number of hydrogen-bond acceptors (Lipinski definition) is 4. The number of aromatic nitrogens is 1. The first-order chi connectivity index (χ1) is 12.2. The third kappa shape index (κ3) is 4.04. The second-order valence-electron chi connectivity index (χ2n) is 7.22. The van der Waals surface area contributed by atoms with Crippen molar-refractivity contribution in [1.82, 2.24) is 14.2 Å². The first-order valence-corrected chi connectivity index (χ1v) is 10.4. The van der Waals surface area contributed by atoms with Crippen LogP contribution in [0.4, 0.5) is 13.2 Å². The fourth-order valence-corrected chi connectivity index (χ4v) is 5.45. The molecule has 0 amide bonds. The largest absolute Gasteiger partial charge is 0.417 e. The number of nitrogens with zero attached hydrogens (tertiary/aromatic N) is 3. The molecule has 2 fully saturated rings. The van der Waals surface area contributed by atoms with Gasteiger partial charge in [-0.15, -0.1) is 0 Å². The maximum atomic E-state index is 13.2. The number of piperazine rings is 1. The molecule has 26 heavy (non-hydrogen) atoms. The van der Waals surface area contributed by atoms with Gasteiger partial charge < -0.3 is 0 Å². The van der Waals surface area contributed by atoms with Gasteiger partial charge in [0.15, 0.2) is 0 Å². The number of halogens is 3. The van der Waals surface area contributed by atoms with Gasteiger partial charge in [0.05, 0.1) is 5.56 Å². The highest BCUT2D eigenvalue weighted by atomic mass is 32.2. The first kappa shape index (κ1) is 19.6. The molecule has 1 aromatic rings. The van der Waals surface area contributed by atoms with Crippen LogP contribution in [0.2, 0.25) is 0 Å². The van der Waals surface area contributed by atoms with Crippen molar-refractivity contribution in [3.63, 3.8) is 0 Å². The molecule has 5 nitrogen and oxygen atoms in total. The molecule has 0 atom stereocenters. The number of sulfonamides is 1. The number of alkyl halides is 3. The van der Waals surface area contributed by atoms with Crippen molar-refractivity contribution in [2.75, 3.05) is 26.2 Å². The van der Waals surface area contributed by atoms with Crippen molar-refractivity contribution in [1.29, 1.82) is 0 Å². The van der Waals surface area contributed by atoms with E-state index in [2.05, 4.69) is 16.8 Å². The van der Waals surface area contributed by atoms with Crippen LogP contribution in [-0.4, -0.2) is 54.8 Å². The van der Waals surface area contributed by atoms with Crippen LogP contribution >= 0.6 is 0 Å². The molecule has 3 rings (SSSR count). The molecule has 1 saturated heterocycles. The molecule has 1 aliphatic heterocycles. The fraction of sp³-hybridized carbons (Fsp3) is 0.706. The molecule has 0 spiro atoms. The van der Waals surface area contributed by atoms with E-state index in [1.807, 2.05) is 0 Å². The quantitative estimate of drug-likeness (QED) is 0.795. The summed E-state index contributed by atoms with van der Waals surface area (Å²) >= 11 is 0. The smallest absolute Gasteiger partial charge is 0.298 e. The van der Waals surface area contributed by atoms with Crippen molar-refractivity contribution < 1.29 is 21.6 Å². The van der Waals surface area contributed by atoms with Crippen LogP contribution in [0, 0.1) is 5.92 Å². The summed E-state index contributed by atoms with van der Waals surface area (Å²) in [5, 5.41) is 0. The van der Waals surface area contributed by atoms with Gasteiger partial charge in [-0.3, -0.25) is 9.88 Å². The highest BCUT2D eigenvalue weighted by molar-refractivity contribution is 7.89. The van der Waals surface area contributed by atoms with Crippen LogP contribution in [0.25, 0.3) is 0 Å². The van der Waals surface area contributed by atoms with Crippen molar-refractivity contribution in [3.05, 3.63) is 24.0 Å². The first-order valence-electron chi connectivity index (χ1n) is 8.95. The van der Waals surface area contributed by atoms with Gasteiger partial charge in [0.25, 0.3) is 0 Å². The standard InChI is InChI=1S/C17H24F3N3O2S/c1-13-2-4-14(5-3-13)22-8-10-23(11-9-22)26(24,25)16-12-21-7-6-15(16)17(18,19)20/h6-7,12-14H,2-5,8-11H2,1H3. The maximum absolute atomic E-state index is 13.2. The van der Waals surface area contributed by atoms with Gasteiger partial charge in [0.2, 0.25) is 10.0 Å². The molecule has 1 saturated carbocycles. The summed E-state index contributed by atoms with van der Waals surface area (Å²) < 4.78 is 66.1. The summed E-state index contributed by atoms with van der Waals surface area (Å²) in [6, 6.07) is 1.17. The fourth-order valence-electron chi connectivity index (χ4n) is 3.88. The maximum Gasteiger partial charge on any atom is 0.417 e. The van der Waals surface area contributed by atoms with E-state index in [0.29, 0.717) is 25.2 Å². The molecular formula is C17H24F3N3O2S. The Morgan fingerprint density at radius 2 is 1.69 bits per heavy atom. The third-order valence-corrected chi connectivity index (χ3v) is 7.41. The predicted molar refractivity (Wildman–Crippen MR) is 91.0 cm³/mol. The van der Waals surface area contributed by atoms with Crippen LogP contribution in [-0.2, 0) is 16.2 Å². The van der Waals surface area contributed by atoms with Crippen molar-refractivity contribution in [3.8, 4) is 0 Å². The summed E-state index contributed by atoms with van der Waals surface area (Å²) in [6.45, 7) is 3.77. The van der Waals surface area contributed by atoms with Gasteiger partial charge in [-0.05, 0) is 37.7 Å². The van der Waals surface area contributed by atoms with Gasteiger partial charge in [0.1, 0.15) is 4.90 Å². The van der Waals surface area contributed by atoms with E-state index in [1.165, 1.54) is 12.8 Å². The topological polar surface area (TPSA) is 53.5 Å². The van der Waals surface area contributed by atoms with Crippen molar-refractivity contribution in [2.45, 2.75) is 49.7 Å². The van der Waals surface area contributed by atoms with Crippen LogP contribution in [0.1, 0.15) is 38.2 Å². The monoisotopic (exact) mass is 391 g/mol. The minimum absolute atomic E-state index is 0.209. The summed E-state index contributed by atoms with van der Waals surface area (Å²) in [4.78, 5) is 5.13. The molecule has 0 N–H and O–H groups in total. The number of rotatable bonds is 3. The lowest BCUT2D eigenvalue weighted by molar-refractivity contribution is -0.140. The lowest BCUT2D eigenvalue weighted by atomic mass is 9.86. The Balaban J connectivity index is 1.71. The number of hydrogen-bond donors (Lipinski definition) is 0. The summed E-state index contributed by atoms with van der Waals surface area (Å²) in [5.41, 5.74) is -1.16. The minimum atomic E-state index is -4.73. The summed E-state index contributed by atoms with van der Waals surface area (Å²) in [5.74, 6) is 0.735. The molecule has 146 valence electrons. The lowest BCUT2D eigenvalue weighted by Gasteiger charge is -2.41. The van der Waals surface area contributed by atoms with Gasteiger partial charge >= 0.3 is 6.18 Å². The second kappa shape index (κ2) is 7.44. The van der Waals surface area contributed by atoms with E-state index in [4.69, 9.17) is 0 Å². The highest BCUT2D eigenvalue weighted by Crippen LogP contribution is 2.35. The minimum Gasteiger partial charge on any atom is -0.298 e. The molecule has 1 aromatic heterocycles. The molecule has 2 heterocycles. The molecule has 9 heteroatoms. The molecule has 0 radical (unpaired) electrons. The van der Waals surface area contributed by atoms with E-state index in [9.17, 15) is 21.6 Å². The van der Waals surface area contributed by atoms with Crippen molar-refractivity contribution in [2.24, 2.45) is 5.92 Å². The Labute approximate surface area is 152 Å². The van der Waals surface area contributed by atoms with E-state index in [-0.39, 0.29) is 13.1 Å². The van der Waals surface area contributed by atoms with Crippen LogP contribution in [0.15, 0.2) is 23.4 Å². The van der Waals surface area contributed by atoms with Crippen LogP contribution in [0.5, 0.6) is 0 Å². The van der Waals surface area contributed by atoms with Crippen LogP contribution in [0.3, 0.4) is 0 Å². The van der Waals surface area contributed by atoms with Gasteiger partial charge in [0, 0.05) is 44.6 Å². The van der Waals surface area contributed by atoms with Gasteiger partial charge in [-0.25, -0.2) is 8.42 Å². The molecule has 0 unspecified atom stereocenters. The van der Waals surface area contributed by atoms with Crippen molar-refractivity contribution >= 4 is 10.0 Å². The van der Waals surface area contributed by atoms with E-state index >= 15 is 0 Å². The van der Waals surface area contributed by atoms with E-state index < -0.39 is 26.7 Å². The summed E-state index contributed by atoms with van der Waals surface area (Å²) in [6.07, 6.45) is 1.59. The van der Waals surface area contributed by atoms with Gasteiger partial charge in [-0.1, -0.05) is 6.92 Å². The molecule has 1 aliphatic carbocycles. The van der Waals surface area contributed by atoms with Gasteiger partial charge in [-0.2, -0.15) is 17.5 Å². The Hall–Kier alpha value is -1.19. The Kier molecular flexibility index (Phi) is 5.60. The Morgan fingerprint density at radius 3 is 2.27 bits per heavy atom. The van der Waals surface area contributed by atoms with E-state index in [1.54, 1.807) is 0 Å². The third-order valence-electron chi connectivity index (χ3n) is 5.48. The van der Waals surface area contributed by atoms with Crippen LogP contribution < -0.4 is 0 Å². The molecule has 2 aliphatic rings. The molecule has 0 aromatic carbocycles. The predicted octanol–water partition coefficient (Wildman–Crippen LogP) is 2.99. The zero-order chi connectivity index (χ0) is 18.9. The summed E-state index contributed by atoms with van der Waals surface area (Å²) in [7, 11) is -4.21.